The van der Waals surface area contributed by atoms with Gasteiger partial charge in [0.2, 0.25) is 0 Å². The molecule has 0 saturated heterocycles. The highest BCUT2D eigenvalue weighted by Crippen LogP contribution is 2.32. The van der Waals surface area contributed by atoms with Gasteiger partial charge in [0.25, 0.3) is 5.91 Å². The lowest BCUT2D eigenvalue weighted by Crippen LogP contribution is -2.41. The lowest BCUT2D eigenvalue weighted by molar-refractivity contribution is -0.141. The molecule has 1 aromatic rings. The van der Waals surface area contributed by atoms with Gasteiger partial charge in [0.1, 0.15) is 18.1 Å². The zero-order chi connectivity index (χ0) is 14.9. The zero-order valence-electron chi connectivity index (χ0n) is 10.7. The molecule has 2 rings (SSSR count). The van der Waals surface area contributed by atoms with Gasteiger partial charge in [-0.05, 0) is 25.0 Å². The van der Waals surface area contributed by atoms with Crippen LogP contribution in [0.15, 0.2) is 12.1 Å². The van der Waals surface area contributed by atoms with Gasteiger partial charge in [0.15, 0.2) is 0 Å². The van der Waals surface area contributed by atoms with Crippen LogP contribution in [0.5, 0.6) is 0 Å². The number of carbonyl (C=O) groups excluding carboxylic acids is 1. The zero-order valence-corrected chi connectivity index (χ0v) is 11.4. The molecule has 1 amide bonds. The van der Waals surface area contributed by atoms with E-state index in [9.17, 15) is 18.0 Å². The predicted molar refractivity (Wildman–Crippen MR) is 68.9 cm³/mol. The molecule has 8 heteroatoms. The molecule has 110 valence electrons. The Hall–Kier alpha value is -1.50. The van der Waals surface area contributed by atoms with Gasteiger partial charge in [0, 0.05) is 13.1 Å². The van der Waals surface area contributed by atoms with E-state index >= 15 is 0 Å². The minimum absolute atomic E-state index is 0.0434. The van der Waals surface area contributed by atoms with E-state index in [0.29, 0.717) is 18.7 Å². The van der Waals surface area contributed by atoms with Gasteiger partial charge in [-0.3, -0.25) is 4.79 Å². The molecule has 0 bridgehead atoms. The van der Waals surface area contributed by atoms with E-state index in [0.717, 1.165) is 4.90 Å². The highest BCUT2D eigenvalue weighted by Gasteiger charge is 2.41. The Morgan fingerprint density at radius 2 is 2.15 bits per heavy atom. The normalized spacial score (nSPS) is 15.1. The number of alkyl halides is 3. The number of hydrogen-bond acceptors (Lipinski definition) is 3. The summed E-state index contributed by atoms with van der Waals surface area (Å²) in [6.07, 6.45) is -3.29. The first-order chi connectivity index (χ1) is 9.31. The van der Waals surface area contributed by atoms with E-state index in [-0.39, 0.29) is 16.8 Å². The molecule has 0 radical (unpaired) electrons. The summed E-state index contributed by atoms with van der Waals surface area (Å²) >= 11 is 5.87. The Balaban J connectivity index is 2.27. The molecular formula is C12H13ClF3N3O. The van der Waals surface area contributed by atoms with E-state index in [1.165, 1.54) is 6.07 Å². The Labute approximate surface area is 118 Å². The first-order valence-corrected chi connectivity index (χ1v) is 6.41. The van der Waals surface area contributed by atoms with Gasteiger partial charge in [-0.1, -0.05) is 11.6 Å². The average Bonchev–Trinajstić information content (AvgIpc) is 3.19. The maximum Gasteiger partial charge on any atom is 0.406 e. The molecule has 0 aromatic carbocycles. The van der Waals surface area contributed by atoms with E-state index < -0.39 is 18.6 Å². The molecule has 1 saturated carbocycles. The number of pyridine rings is 1. The molecule has 0 unspecified atom stereocenters. The fourth-order valence-corrected chi connectivity index (χ4v) is 2.00. The molecule has 1 fully saturated rings. The summed E-state index contributed by atoms with van der Waals surface area (Å²) in [6, 6.07) is 2.61. The fourth-order valence-electron chi connectivity index (χ4n) is 1.81. The summed E-state index contributed by atoms with van der Waals surface area (Å²) in [5.41, 5.74) is -0.158. The van der Waals surface area contributed by atoms with Crippen LogP contribution < -0.4 is 5.32 Å². The van der Waals surface area contributed by atoms with Crippen LogP contribution in [0, 0.1) is 0 Å². The number of hydrogen-bond donors (Lipinski definition) is 1. The molecule has 1 heterocycles. The van der Waals surface area contributed by atoms with Gasteiger partial charge in [-0.15, -0.1) is 0 Å². The molecule has 20 heavy (non-hydrogen) atoms. The predicted octanol–water partition coefficient (Wildman–Crippen LogP) is 2.94. The third-order valence-electron chi connectivity index (χ3n) is 2.90. The summed E-state index contributed by atoms with van der Waals surface area (Å²) in [4.78, 5) is 17.0. The van der Waals surface area contributed by atoms with Crippen LogP contribution in [-0.2, 0) is 0 Å². The van der Waals surface area contributed by atoms with Gasteiger partial charge in [-0.2, -0.15) is 13.2 Å². The molecule has 1 N–H and O–H groups in total. The van der Waals surface area contributed by atoms with Gasteiger partial charge in [-0.25, -0.2) is 4.98 Å². The first kappa shape index (κ1) is 14.9. The molecule has 1 aliphatic carbocycles. The molecule has 0 spiro atoms. The second kappa shape index (κ2) is 5.47. The lowest BCUT2D eigenvalue weighted by atomic mass is 10.3. The maximum atomic E-state index is 12.6. The number of nitrogens with zero attached hydrogens (tertiary/aromatic N) is 2. The van der Waals surface area contributed by atoms with Crippen molar-refractivity contribution < 1.29 is 18.0 Å². The van der Waals surface area contributed by atoms with Crippen molar-refractivity contribution in [2.75, 3.05) is 18.9 Å². The van der Waals surface area contributed by atoms with Crippen molar-refractivity contribution in [1.29, 1.82) is 0 Å². The van der Waals surface area contributed by atoms with Crippen molar-refractivity contribution in [3.05, 3.63) is 22.8 Å². The summed E-state index contributed by atoms with van der Waals surface area (Å²) in [6.45, 7) is -1.28. The SMILES string of the molecule is CNc1ccc(Cl)c(C(=O)N(CC(F)(F)F)C2CC2)n1. The van der Waals surface area contributed by atoms with Gasteiger partial charge in [0.05, 0.1) is 5.02 Å². The van der Waals surface area contributed by atoms with Crippen molar-refractivity contribution in [3.8, 4) is 0 Å². The average molecular weight is 308 g/mol. The van der Waals surface area contributed by atoms with Crippen LogP contribution >= 0.6 is 11.6 Å². The van der Waals surface area contributed by atoms with Crippen LogP contribution in [0.3, 0.4) is 0 Å². The summed E-state index contributed by atoms with van der Waals surface area (Å²) in [5.74, 6) is -0.410. The molecule has 1 aromatic heterocycles. The molecular weight excluding hydrogens is 295 g/mol. The van der Waals surface area contributed by atoms with Crippen molar-refractivity contribution in [2.24, 2.45) is 0 Å². The van der Waals surface area contributed by atoms with E-state index in [1.807, 2.05) is 0 Å². The van der Waals surface area contributed by atoms with Crippen molar-refractivity contribution in [3.63, 3.8) is 0 Å². The largest absolute Gasteiger partial charge is 0.406 e. The number of nitrogens with one attached hydrogen (secondary N) is 1. The Morgan fingerprint density at radius 1 is 1.50 bits per heavy atom. The number of carbonyl (C=O) groups is 1. The number of halogens is 4. The summed E-state index contributed by atoms with van der Waals surface area (Å²) < 4.78 is 37.7. The minimum Gasteiger partial charge on any atom is -0.373 e. The third kappa shape index (κ3) is 3.53. The third-order valence-corrected chi connectivity index (χ3v) is 3.21. The Bertz CT molecular complexity index is 517. The minimum atomic E-state index is -4.44. The molecule has 4 nitrogen and oxygen atoms in total. The fraction of sp³-hybridized carbons (Fsp3) is 0.500. The van der Waals surface area contributed by atoms with Crippen LogP contribution in [-0.4, -0.2) is 41.6 Å². The highest BCUT2D eigenvalue weighted by atomic mass is 35.5. The Kier molecular flexibility index (Phi) is 4.08. The van der Waals surface area contributed by atoms with Crippen LogP contribution in [0.25, 0.3) is 0 Å². The lowest BCUT2D eigenvalue weighted by Gasteiger charge is -2.23. The molecule has 0 aliphatic heterocycles. The van der Waals surface area contributed by atoms with Gasteiger partial charge >= 0.3 is 6.18 Å². The van der Waals surface area contributed by atoms with E-state index in [2.05, 4.69) is 10.3 Å². The number of aromatic nitrogens is 1. The smallest absolute Gasteiger partial charge is 0.373 e. The number of anilines is 1. The number of rotatable bonds is 4. The molecule has 0 atom stereocenters. The monoisotopic (exact) mass is 307 g/mol. The van der Waals surface area contributed by atoms with E-state index in [4.69, 9.17) is 11.6 Å². The second-order valence-electron chi connectivity index (χ2n) is 4.56. The van der Waals surface area contributed by atoms with E-state index in [1.54, 1.807) is 13.1 Å². The van der Waals surface area contributed by atoms with Crippen molar-refractivity contribution in [2.45, 2.75) is 25.1 Å². The van der Waals surface area contributed by atoms with Crippen molar-refractivity contribution in [1.82, 2.24) is 9.88 Å². The first-order valence-electron chi connectivity index (χ1n) is 6.04. The summed E-state index contributed by atoms with van der Waals surface area (Å²) in [7, 11) is 1.60. The molecule has 1 aliphatic rings. The topological polar surface area (TPSA) is 45.2 Å². The standard InChI is InChI=1S/C12H13ClF3N3O/c1-17-9-5-4-8(13)10(18-9)11(20)19(7-2-3-7)6-12(14,15)16/h4-5,7H,2-3,6H2,1H3,(H,17,18). The summed E-state index contributed by atoms with van der Waals surface area (Å²) in [5, 5.41) is 2.76. The van der Waals surface area contributed by atoms with Crippen LogP contribution in [0.4, 0.5) is 19.0 Å². The number of amides is 1. The van der Waals surface area contributed by atoms with Crippen molar-refractivity contribution >= 4 is 23.3 Å². The Morgan fingerprint density at radius 3 is 2.65 bits per heavy atom. The quantitative estimate of drug-likeness (QED) is 0.930. The van der Waals surface area contributed by atoms with Gasteiger partial charge < -0.3 is 10.2 Å². The van der Waals surface area contributed by atoms with Crippen LogP contribution in [0.2, 0.25) is 5.02 Å². The highest BCUT2D eigenvalue weighted by molar-refractivity contribution is 6.33. The second-order valence-corrected chi connectivity index (χ2v) is 4.96. The van der Waals surface area contributed by atoms with Crippen LogP contribution in [0.1, 0.15) is 23.3 Å². The maximum absolute atomic E-state index is 12.6.